The largest absolute Gasteiger partial charge is 0.448 e. The average Bonchev–Trinajstić information content (AvgIpc) is 2.95. The van der Waals surface area contributed by atoms with Gasteiger partial charge in [-0.1, -0.05) is 6.07 Å². The van der Waals surface area contributed by atoms with E-state index in [-0.39, 0.29) is 16.9 Å². The van der Waals surface area contributed by atoms with Gasteiger partial charge < -0.3 is 4.42 Å². The van der Waals surface area contributed by atoms with E-state index in [0.29, 0.717) is 17.3 Å². The lowest BCUT2D eigenvalue weighted by Gasteiger charge is -2.06. The van der Waals surface area contributed by atoms with Gasteiger partial charge in [0.2, 0.25) is 11.0 Å². The molecule has 0 bridgehead atoms. The zero-order valence-corrected chi connectivity index (χ0v) is 13.2. The van der Waals surface area contributed by atoms with E-state index in [1.165, 1.54) is 6.07 Å². The summed E-state index contributed by atoms with van der Waals surface area (Å²) in [7, 11) is -3.90. The fourth-order valence-corrected chi connectivity index (χ4v) is 2.78. The molecule has 0 amide bonds. The van der Waals surface area contributed by atoms with Gasteiger partial charge in [-0.05, 0) is 38.1 Å². The van der Waals surface area contributed by atoms with E-state index < -0.39 is 10.0 Å². The van der Waals surface area contributed by atoms with Crippen molar-refractivity contribution in [2.75, 3.05) is 4.72 Å². The molecule has 0 radical (unpaired) electrons. The maximum Gasteiger partial charge on any atom is 0.297 e. The number of aryl methyl sites for hydroxylation is 2. The van der Waals surface area contributed by atoms with Gasteiger partial charge in [0.05, 0.1) is 0 Å². The molecule has 0 saturated carbocycles. The lowest BCUT2D eigenvalue weighted by molar-refractivity contribution is 0.430. The van der Waals surface area contributed by atoms with Crippen molar-refractivity contribution in [3.05, 3.63) is 48.1 Å². The number of pyridine rings is 1. The number of aromatic nitrogens is 4. The third-order valence-electron chi connectivity index (χ3n) is 2.85. The molecule has 9 heteroatoms. The van der Waals surface area contributed by atoms with Crippen molar-refractivity contribution in [2.24, 2.45) is 0 Å². The number of furan rings is 1. The topological polar surface area (TPSA) is 111 Å². The molecule has 0 fully saturated rings. The number of rotatable bonds is 4. The third-order valence-corrected chi connectivity index (χ3v) is 4.05. The molecule has 0 aliphatic carbocycles. The normalized spacial score (nSPS) is 11.4. The second-order valence-electron chi connectivity index (χ2n) is 4.72. The Bertz CT molecular complexity index is 938. The quantitative estimate of drug-likeness (QED) is 0.777. The second kappa shape index (κ2) is 5.76. The van der Waals surface area contributed by atoms with Crippen LogP contribution in [0.4, 0.5) is 5.95 Å². The van der Waals surface area contributed by atoms with E-state index in [2.05, 4.69) is 24.7 Å². The van der Waals surface area contributed by atoms with Crippen LogP contribution in [0, 0.1) is 13.8 Å². The summed E-state index contributed by atoms with van der Waals surface area (Å²) in [4.78, 5) is 16.4. The van der Waals surface area contributed by atoms with E-state index >= 15 is 0 Å². The van der Waals surface area contributed by atoms with Gasteiger partial charge in [-0.25, -0.2) is 9.71 Å². The van der Waals surface area contributed by atoms with Crippen LogP contribution in [0.15, 0.2) is 46.0 Å². The summed E-state index contributed by atoms with van der Waals surface area (Å²) in [5.74, 6) is 1.05. The van der Waals surface area contributed by atoms with Crippen LogP contribution in [0.25, 0.3) is 11.5 Å². The van der Waals surface area contributed by atoms with Gasteiger partial charge in [-0.3, -0.25) is 4.98 Å². The van der Waals surface area contributed by atoms with Crippen molar-refractivity contribution in [3.63, 3.8) is 0 Å². The Labute approximate surface area is 132 Å². The van der Waals surface area contributed by atoms with Crippen LogP contribution in [0.3, 0.4) is 0 Å². The molecule has 0 saturated heterocycles. The van der Waals surface area contributed by atoms with Crippen LogP contribution in [0.2, 0.25) is 0 Å². The van der Waals surface area contributed by atoms with Crippen molar-refractivity contribution >= 4 is 16.0 Å². The number of hydrogen-bond donors (Lipinski definition) is 1. The standard InChI is InChI=1S/C14H13N5O3S/c1-9-6-7-12(22-9)23(20,21)19-14-17-10(2)16-13(18-14)11-5-3-4-8-15-11/h3-8H,1-2H3,(H,16,17,18,19). The summed E-state index contributed by atoms with van der Waals surface area (Å²) in [5, 5.41) is -0.201. The molecule has 3 rings (SSSR count). The monoisotopic (exact) mass is 331 g/mol. The van der Waals surface area contributed by atoms with Crippen LogP contribution in [-0.4, -0.2) is 28.4 Å². The van der Waals surface area contributed by atoms with Crippen molar-refractivity contribution in [3.8, 4) is 11.5 Å². The Morgan fingerprint density at radius 2 is 1.87 bits per heavy atom. The summed E-state index contributed by atoms with van der Waals surface area (Å²) >= 11 is 0. The molecule has 8 nitrogen and oxygen atoms in total. The molecule has 3 aromatic heterocycles. The molecule has 0 aliphatic heterocycles. The first kappa shape index (κ1) is 15.1. The minimum Gasteiger partial charge on any atom is -0.448 e. The highest BCUT2D eigenvalue weighted by Gasteiger charge is 2.20. The molecule has 3 aromatic rings. The van der Waals surface area contributed by atoms with Gasteiger partial charge in [0.1, 0.15) is 17.3 Å². The van der Waals surface area contributed by atoms with E-state index in [0.717, 1.165) is 0 Å². The average molecular weight is 331 g/mol. The maximum atomic E-state index is 12.3. The van der Waals surface area contributed by atoms with Gasteiger partial charge in [0.15, 0.2) is 5.82 Å². The smallest absolute Gasteiger partial charge is 0.297 e. The lowest BCUT2D eigenvalue weighted by atomic mass is 10.3. The van der Waals surface area contributed by atoms with Gasteiger partial charge in [0.25, 0.3) is 10.0 Å². The zero-order valence-electron chi connectivity index (χ0n) is 12.4. The zero-order chi connectivity index (χ0) is 16.4. The Morgan fingerprint density at radius 1 is 1.04 bits per heavy atom. The highest BCUT2D eigenvalue weighted by atomic mass is 32.2. The van der Waals surface area contributed by atoms with Crippen molar-refractivity contribution in [1.82, 2.24) is 19.9 Å². The number of anilines is 1. The van der Waals surface area contributed by atoms with Crippen LogP contribution >= 0.6 is 0 Å². The molecule has 0 unspecified atom stereocenters. The van der Waals surface area contributed by atoms with E-state index in [1.807, 2.05) is 0 Å². The molecule has 0 atom stereocenters. The summed E-state index contributed by atoms with van der Waals surface area (Å²) < 4.78 is 31.9. The predicted octanol–water partition coefficient (Wildman–Crippen LogP) is 1.94. The number of nitrogens with one attached hydrogen (secondary N) is 1. The van der Waals surface area contributed by atoms with Crippen molar-refractivity contribution in [2.45, 2.75) is 18.9 Å². The van der Waals surface area contributed by atoms with E-state index in [4.69, 9.17) is 4.42 Å². The van der Waals surface area contributed by atoms with Gasteiger partial charge in [-0.2, -0.15) is 18.4 Å². The molecule has 3 heterocycles. The van der Waals surface area contributed by atoms with Crippen LogP contribution in [0.5, 0.6) is 0 Å². The van der Waals surface area contributed by atoms with Crippen LogP contribution in [-0.2, 0) is 10.0 Å². The fourth-order valence-electron chi connectivity index (χ4n) is 1.86. The van der Waals surface area contributed by atoms with E-state index in [9.17, 15) is 8.42 Å². The minimum absolute atomic E-state index is 0.0905. The Morgan fingerprint density at radius 3 is 2.52 bits per heavy atom. The van der Waals surface area contributed by atoms with Gasteiger partial charge in [-0.15, -0.1) is 0 Å². The summed E-state index contributed by atoms with van der Waals surface area (Å²) in [6, 6.07) is 8.21. The SMILES string of the molecule is Cc1nc(NS(=O)(=O)c2ccc(C)o2)nc(-c2ccccn2)n1. The highest BCUT2D eigenvalue weighted by molar-refractivity contribution is 7.92. The number of sulfonamides is 1. The molecule has 0 spiro atoms. The molecule has 118 valence electrons. The lowest BCUT2D eigenvalue weighted by Crippen LogP contribution is -2.15. The minimum atomic E-state index is -3.90. The molecular weight excluding hydrogens is 318 g/mol. The first-order valence-electron chi connectivity index (χ1n) is 6.67. The third kappa shape index (κ3) is 3.34. The Balaban J connectivity index is 1.96. The molecular formula is C14H13N5O3S. The number of hydrogen-bond acceptors (Lipinski definition) is 7. The van der Waals surface area contributed by atoms with Gasteiger partial charge >= 0.3 is 0 Å². The summed E-state index contributed by atoms with van der Waals surface area (Å²) in [5.41, 5.74) is 0.521. The molecule has 23 heavy (non-hydrogen) atoms. The fraction of sp³-hybridized carbons (Fsp3) is 0.143. The maximum absolute atomic E-state index is 12.3. The molecule has 1 N–H and O–H groups in total. The highest BCUT2D eigenvalue weighted by Crippen LogP contribution is 2.18. The van der Waals surface area contributed by atoms with Crippen molar-refractivity contribution in [1.29, 1.82) is 0 Å². The van der Waals surface area contributed by atoms with Crippen LogP contribution in [0.1, 0.15) is 11.6 Å². The Kier molecular flexibility index (Phi) is 3.78. The van der Waals surface area contributed by atoms with Gasteiger partial charge in [0, 0.05) is 6.20 Å². The molecule has 0 aromatic carbocycles. The van der Waals surface area contributed by atoms with E-state index in [1.54, 1.807) is 44.3 Å². The second-order valence-corrected chi connectivity index (χ2v) is 6.33. The molecule has 0 aliphatic rings. The summed E-state index contributed by atoms with van der Waals surface area (Å²) in [6.07, 6.45) is 1.60. The van der Waals surface area contributed by atoms with Crippen LogP contribution < -0.4 is 4.72 Å². The predicted molar refractivity (Wildman–Crippen MR) is 82.0 cm³/mol. The summed E-state index contributed by atoms with van der Waals surface area (Å²) in [6.45, 7) is 3.30. The number of nitrogens with zero attached hydrogens (tertiary/aromatic N) is 4. The van der Waals surface area contributed by atoms with Crippen molar-refractivity contribution < 1.29 is 12.8 Å². The first-order chi connectivity index (χ1) is 10.9. The first-order valence-corrected chi connectivity index (χ1v) is 8.16. The Hall–Kier alpha value is -2.81.